The third kappa shape index (κ3) is 3.50. The minimum atomic E-state index is -3.37. The summed E-state index contributed by atoms with van der Waals surface area (Å²) in [4.78, 5) is 11.5. The Morgan fingerprint density at radius 3 is 2.71 bits per heavy atom. The third-order valence-corrected chi connectivity index (χ3v) is 5.66. The normalized spacial score (nSPS) is 13.1. The molecule has 3 aromatic rings. The lowest BCUT2D eigenvalue weighted by molar-refractivity contribution is -0.114. The average molecular weight is 397 g/mol. The predicted molar refractivity (Wildman–Crippen MR) is 105 cm³/mol. The van der Waals surface area contributed by atoms with Gasteiger partial charge in [0.05, 0.1) is 22.8 Å². The topological polar surface area (TPSA) is 90.3 Å². The molecule has 0 saturated heterocycles. The van der Waals surface area contributed by atoms with Crippen LogP contribution in [0.5, 0.6) is 5.75 Å². The summed E-state index contributed by atoms with van der Waals surface area (Å²) in [5.74, 6) is 0.547. The molecule has 0 aliphatic carbocycles. The Hall–Kier alpha value is -3.13. The van der Waals surface area contributed by atoms with Crippen LogP contribution >= 0.6 is 0 Å². The Bertz CT molecular complexity index is 1180. The quantitative estimate of drug-likeness (QED) is 0.734. The van der Waals surface area contributed by atoms with Crippen LogP contribution in [0.2, 0.25) is 0 Å². The van der Waals surface area contributed by atoms with E-state index in [4.69, 9.17) is 4.74 Å². The van der Waals surface area contributed by atoms with Gasteiger partial charge in [-0.05, 0) is 18.2 Å². The smallest absolute Gasteiger partial charge is 0.221 e. The van der Waals surface area contributed by atoms with Gasteiger partial charge in [-0.3, -0.25) is 9.48 Å². The molecule has 0 saturated carbocycles. The molecule has 0 bridgehead atoms. The minimum Gasteiger partial charge on any atom is -0.487 e. The van der Waals surface area contributed by atoms with Crippen molar-refractivity contribution < 1.29 is 17.9 Å². The van der Waals surface area contributed by atoms with E-state index in [0.717, 1.165) is 11.3 Å². The van der Waals surface area contributed by atoms with Crippen molar-refractivity contribution >= 4 is 21.4 Å². The summed E-state index contributed by atoms with van der Waals surface area (Å²) in [5.41, 5.74) is 3.62. The number of sulfone groups is 1. The van der Waals surface area contributed by atoms with Gasteiger partial charge in [-0.15, -0.1) is 0 Å². The third-order valence-electron chi connectivity index (χ3n) is 4.51. The van der Waals surface area contributed by atoms with E-state index < -0.39 is 9.84 Å². The lowest BCUT2D eigenvalue weighted by atomic mass is 10.1. The Labute approximate surface area is 162 Å². The van der Waals surface area contributed by atoms with Crippen molar-refractivity contribution in [3.63, 3.8) is 0 Å². The Kier molecular flexibility index (Phi) is 4.43. The van der Waals surface area contributed by atoms with Crippen LogP contribution < -0.4 is 10.1 Å². The fraction of sp³-hybridized carbons (Fsp3) is 0.200. The zero-order valence-corrected chi connectivity index (χ0v) is 16.3. The standard InChI is InChI=1S/C20H19N3O4S/c1-13(24)21-15-8-7-14-11-23-16(12-27-19(14)9-15)10-18(22-23)17-5-3-4-6-20(17)28(2,25)26/h3-10H,11-12H2,1-2H3,(H,21,24). The highest BCUT2D eigenvalue weighted by molar-refractivity contribution is 7.90. The van der Waals surface area contributed by atoms with Crippen molar-refractivity contribution in [2.45, 2.75) is 25.0 Å². The van der Waals surface area contributed by atoms with Crippen LogP contribution in [0.25, 0.3) is 11.3 Å². The summed E-state index contributed by atoms with van der Waals surface area (Å²) in [6.07, 6.45) is 1.19. The summed E-state index contributed by atoms with van der Waals surface area (Å²) < 4.78 is 31.9. The first-order valence-corrected chi connectivity index (χ1v) is 10.6. The number of hydrogen-bond donors (Lipinski definition) is 1. The highest BCUT2D eigenvalue weighted by Crippen LogP contribution is 2.31. The fourth-order valence-electron chi connectivity index (χ4n) is 3.26. The monoisotopic (exact) mass is 397 g/mol. The molecule has 1 aliphatic heterocycles. The fourth-order valence-corrected chi connectivity index (χ4v) is 4.15. The number of rotatable bonds is 3. The number of aromatic nitrogens is 2. The van der Waals surface area contributed by atoms with Crippen LogP contribution in [0.15, 0.2) is 53.4 Å². The van der Waals surface area contributed by atoms with Gasteiger partial charge in [0.25, 0.3) is 0 Å². The van der Waals surface area contributed by atoms with Gasteiger partial charge in [0, 0.05) is 36.1 Å². The predicted octanol–water partition coefficient (Wildman–Crippen LogP) is 2.85. The van der Waals surface area contributed by atoms with Gasteiger partial charge in [0.1, 0.15) is 12.4 Å². The minimum absolute atomic E-state index is 0.143. The van der Waals surface area contributed by atoms with Crippen LogP contribution in [0, 0.1) is 0 Å². The Balaban J connectivity index is 1.70. The van der Waals surface area contributed by atoms with Crippen LogP contribution in [-0.2, 0) is 27.8 Å². The van der Waals surface area contributed by atoms with E-state index >= 15 is 0 Å². The van der Waals surface area contributed by atoms with Crippen molar-refractivity contribution in [3.8, 4) is 17.0 Å². The Morgan fingerprint density at radius 2 is 1.96 bits per heavy atom. The van der Waals surface area contributed by atoms with Gasteiger partial charge in [0.2, 0.25) is 5.91 Å². The van der Waals surface area contributed by atoms with Gasteiger partial charge >= 0.3 is 0 Å². The molecule has 144 valence electrons. The van der Waals surface area contributed by atoms with E-state index in [-0.39, 0.29) is 10.8 Å². The molecule has 0 fully saturated rings. The van der Waals surface area contributed by atoms with Crippen molar-refractivity contribution in [1.29, 1.82) is 0 Å². The van der Waals surface area contributed by atoms with E-state index in [2.05, 4.69) is 10.4 Å². The number of amides is 1. The second kappa shape index (κ2) is 6.79. The van der Waals surface area contributed by atoms with Gasteiger partial charge in [-0.1, -0.05) is 24.3 Å². The number of carbonyl (C=O) groups is 1. The Morgan fingerprint density at radius 1 is 1.18 bits per heavy atom. The molecule has 28 heavy (non-hydrogen) atoms. The average Bonchev–Trinajstić information content (AvgIpc) is 2.95. The second-order valence-corrected chi connectivity index (χ2v) is 8.72. The molecule has 2 heterocycles. The van der Waals surface area contributed by atoms with Gasteiger partial charge in [0.15, 0.2) is 9.84 Å². The molecule has 1 aromatic heterocycles. The first-order valence-electron chi connectivity index (χ1n) is 8.71. The van der Waals surface area contributed by atoms with E-state index in [1.165, 1.54) is 13.2 Å². The lowest BCUT2D eigenvalue weighted by Gasteiger charge is -2.10. The number of nitrogens with one attached hydrogen (secondary N) is 1. The lowest BCUT2D eigenvalue weighted by Crippen LogP contribution is -2.06. The van der Waals surface area contributed by atoms with Crippen molar-refractivity contribution in [2.75, 3.05) is 11.6 Å². The summed E-state index contributed by atoms with van der Waals surface area (Å²) >= 11 is 0. The molecule has 8 heteroatoms. The maximum Gasteiger partial charge on any atom is 0.221 e. The first-order chi connectivity index (χ1) is 13.3. The van der Waals surface area contributed by atoms with Crippen LogP contribution in [0.1, 0.15) is 18.2 Å². The highest BCUT2D eigenvalue weighted by Gasteiger charge is 2.21. The summed E-state index contributed by atoms with van der Waals surface area (Å²) in [6, 6.07) is 14.2. The number of benzene rings is 2. The molecule has 2 aromatic carbocycles. The number of fused-ring (bicyclic) bond motifs is 2. The van der Waals surface area contributed by atoms with Crippen molar-refractivity contribution in [3.05, 3.63) is 59.8 Å². The molecule has 7 nitrogen and oxygen atoms in total. The summed E-state index contributed by atoms with van der Waals surface area (Å²) in [5, 5.41) is 7.37. The van der Waals surface area contributed by atoms with Gasteiger partial charge in [-0.2, -0.15) is 5.10 Å². The maximum absolute atomic E-state index is 12.1. The number of hydrogen-bond acceptors (Lipinski definition) is 5. The van der Waals surface area contributed by atoms with Gasteiger partial charge in [-0.25, -0.2) is 8.42 Å². The highest BCUT2D eigenvalue weighted by atomic mass is 32.2. The zero-order chi connectivity index (χ0) is 19.9. The van der Waals surface area contributed by atoms with Crippen LogP contribution in [0.3, 0.4) is 0 Å². The number of anilines is 1. The van der Waals surface area contributed by atoms with Gasteiger partial charge < -0.3 is 10.1 Å². The SMILES string of the molecule is CC(=O)Nc1ccc2c(c1)OCc1cc(-c3ccccc3S(C)(=O)=O)nn1C2. The van der Waals surface area contributed by atoms with Crippen molar-refractivity contribution in [1.82, 2.24) is 9.78 Å². The molecular formula is C20H19N3O4S. The molecule has 0 spiro atoms. The second-order valence-electron chi connectivity index (χ2n) is 6.74. The van der Waals surface area contributed by atoms with Crippen LogP contribution in [-0.4, -0.2) is 30.4 Å². The van der Waals surface area contributed by atoms with Crippen molar-refractivity contribution in [2.24, 2.45) is 0 Å². The molecule has 4 rings (SSSR count). The van der Waals surface area contributed by atoms with E-state index in [1.54, 1.807) is 30.3 Å². The molecule has 0 atom stereocenters. The number of carbonyl (C=O) groups excluding carboxylic acids is 1. The zero-order valence-electron chi connectivity index (χ0n) is 15.5. The molecule has 1 amide bonds. The summed E-state index contributed by atoms with van der Waals surface area (Å²) in [7, 11) is -3.37. The molecular weight excluding hydrogens is 378 g/mol. The molecule has 1 aliphatic rings. The van der Waals surface area contributed by atoms with E-state index in [0.29, 0.717) is 35.8 Å². The summed E-state index contributed by atoms with van der Waals surface area (Å²) in [6.45, 7) is 2.24. The van der Waals surface area contributed by atoms with E-state index in [9.17, 15) is 13.2 Å². The maximum atomic E-state index is 12.1. The largest absolute Gasteiger partial charge is 0.487 e. The molecule has 0 unspecified atom stereocenters. The molecule has 1 N–H and O–H groups in total. The number of nitrogens with zero attached hydrogens (tertiary/aromatic N) is 2. The first kappa shape index (κ1) is 18.2. The number of ether oxygens (including phenoxy) is 1. The van der Waals surface area contributed by atoms with E-state index in [1.807, 2.05) is 22.9 Å². The molecule has 0 radical (unpaired) electrons. The van der Waals surface area contributed by atoms with Crippen LogP contribution in [0.4, 0.5) is 5.69 Å².